The van der Waals surface area contributed by atoms with Crippen molar-refractivity contribution in [1.82, 2.24) is 15.2 Å². The molecule has 17 heavy (non-hydrogen) atoms. The topological polar surface area (TPSA) is 28.2 Å². The van der Waals surface area contributed by atoms with Gasteiger partial charge in [-0.25, -0.2) is 4.98 Å². The number of likely N-dealkylation sites (N-methyl/N-ethyl adjacent to an activating group) is 1. The summed E-state index contributed by atoms with van der Waals surface area (Å²) in [5, 5.41) is 6.88. The number of thiazole rings is 1. The fraction of sp³-hybridized carbons (Fsp3) is 0.750. The second-order valence-corrected chi connectivity index (χ2v) is 5.49. The van der Waals surface area contributed by atoms with Gasteiger partial charge in [-0.1, -0.05) is 13.3 Å². The van der Waals surface area contributed by atoms with E-state index in [0.717, 1.165) is 26.1 Å². The highest BCUT2D eigenvalue weighted by molar-refractivity contribution is 7.09. The highest BCUT2D eigenvalue weighted by Gasteiger charge is 2.19. The van der Waals surface area contributed by atoms with Gasteiger partial charge in [-0.15, -0.1) is 23.7 Å². The number of nitrogens with zero attached hydrogens (tertiary/aromatic N) is 2. The zero-order chi connectivity index (χ0) is 11.4. The summed E-state index contributed by atoms with van der Waals surface area (Å²) in [7, 11) is 2.21. The van der Waals surface area contributed by atoms with E-state index in [1.165, 1.54) is 23.5 Å². The van der Waals surface area contributed by atoms with Gasteiger partial charge in [-0.3, -0.25) is 4.90 Å². The monoisotopic (exact) mass is 275 g/mol. The van der Waals surface area contributed by atoms with Crippen molar-refractivity contribution in [3.05, 3.63) is 16.1 Å². The minimum Gasteiger partial charge on any atom is -0.315 e. The molecule has 5 heteroatoms. The lowest BCUT2D eigenvalue weighted by molar-refractivity contribution is 0.248. The Hall–Kier alpha value is -0.160. The Morgan fingerprint density at radius 3 is 3.06 bits per heavy atom. The molecule has 2 heterocycles. The summed E-state index contributed by atoms with van der Waals surface area (Å²) < 4.78 is 0. The first-order valence-corrected chi connectivity index (χ1v) is 7.01. The SMILES string of the molecule is CCCc1csc(CN(C)C2CCNC2)n1.Cl. The van der Waals surface area contributed by atoms with Crippen LogP contribution in [0.5, 0.6) is 0 Å². The van der Waals surface area contributed by atoms with E-state index in [9.17, 15) is 0 Å². The lowest BCUT2D eigenvalue weighted by Gasteiger charge is -2.21. The van der Waals surface area contributed by atoms with Crippen molar-refractivity contribution in [1.29, 1.82) is 0 Å². The average molecular weight is 276 g/mol. The quantitative estimate of drug-likeness (QED) is 0.894. The molecule has 1 saturated heterocycles. The molecule has 0 amide bonds. The van der Waals surface area contributed by atoms with E-state index in [0.29, 0.717) is 6.04 Å². The number of aromatic nitrogens is 1. The number of hydrogen-bond donors (Lipinski definition) is 1. The second-order valence-electron chi connectivity index (χ2n) is 4.54. The molecular weight excluding hydrogens is 254 g/mol. The van der Waals surface area contributed by atoms with Crippen molar-refractivity contribution in [3.8, 4) is 0 Å². The van der Waals surface area contributed by atoms with Crippen LogP contribution >= 0.6 is 23.7 Å². The Bertz CT molecular complexity index is 323. The number of hydrogen-bond acceptors (Lipinski definition) is 4. The summed E-state index contributed by atoms with van der Waals surface area (Å²) in [5.74, 6) is 0. The van der Waals surface area contributed by atoms with Crippen LogP contribution in [0.15, 0.2) is 5.38 Å². The molecule has 3 nitrogen and oxygen atoms in total. The van der Waals surface area contributed by atoms with Gasteiger partial charge in [0.2, 0.25) is 0 Å². The maximum absolute atomic E-state index is 4.67. The lowest BCUT2D eigenvalue weighted by atomic mass is 10.2. The predicted octanol–water partition coefficient (Wildman–Crippen LogP) is 2.31. The van der Waals surface area contributed by atoms with Crippen molar-refractivity contribution >= 4 is 23.7 Å². The highest BCUT2D eigenvalue weighted by Crippen LogP contribution is 2.16. The van der Waals surface area contributed by atoms with Gasteiger partial charge in [-0.2, -0.15) is 0 Å². The van der Waals surface area contributed by atoms with E-state index >= 15 is 0 Å². The average Bonchev–Trinajstić information content (AvgIpc) is 2.89. The van der Waals surface area contributed by atoms with Crippen LogP contribution < -0.4 is 5.32 Å². The number of nitrogens with one attached hydrogen (secondary N) is 1. The van der Waals surface area contributed by atoms with Gasteiger partial charge in [0, 0.05) is 18.0 Å². The molecule has 1 aromatic heterocycles. The molecule has 1 fully saturated rings. The van der Waals surface area contributed by atoms with Crippen LogP contribution in [0.3, 0.4) is 0 Å². The van der Waals surface area contributed by atoms with Crippen LogP contribution in [-0.4, -0.2) is 36.1 Å². The Morgan fingerprint density at radius 1 is 1.59 bits per heavy atom. The van der Waals surface area contributed by atoms with Gasteiger partial charge < -0.3 is 5.32 Å². The molecule has 98 valence electrons. The zero-order valence-corrected chi connectivity index (χ0v) is 12.2. The van der Waals surface area contributed by atoms with Crippen molar-refractivity contribution in [2.75, 3.05) is 20.1 Å². The van der Waals surface area contributed by atoms with E-state index in [-0.39, 0.29) is 12.4 Å². The molecule has 1 aliphatic rings. The first kappa shape index (κ1) is 14.9. The summed E-state index contributed by atoms with van der Waals surface area (Å²) >= 11 is 1.80. The van der Waals surface area contributed by atoms with E-state index in [1.807, 2.05) is 0 Å². The van der Waals surface area contributed by atoms with Gasteiger partial charge >= 0.3 is 0 Å². The summed E-state index contributed by atoms with van der Waals surface area (Å²) in [6, 6.07) is 0.693. The molecule has 1 unspecified atom stereocenters. The first-order chi connectivity index (χ1) is 7.79. The Morgan fingerprint density at radius 2 is 2.41 bits per heavy atom. The van der Waals surface area contributed by atoms with Crippen LogP contribution in [0, 0.1) is 0 Å². The molecule has 1 aromatic rings. The molecule has 0 aromatic carbocycles. The Labute approximate surface area is 114 Å². The van der Waals surface area contributed by atoms with Gasteiger partial charge in [0.25, 0.3) is 0 Å². The molecule has 1 N–H and O–H groups in total. The smallest absolute Gasteiger partial charge is 0.107 e. The number of aryl methyl sites for hydroxylation is 1. The van der Waals surface area contributed by atoms with Gasteiger partial charge in [0.05, 0.1) is 12.2 Å². The number of rotatable bonds is 5. The largest absolute Gasteiger partial charge is 0.315 e. The van der Waals surface area contributed by atoms with Crippen LogP contribution in [0.4, 0.5) is 0 Å². The maximum Gasteiger partial charge on any atom is 0.107 e. The van der Waals surface area contributed by atoms with Crippen LogP contribution in [0.25, 0.3) is 0 Å². The third-order valence-electron chi connectivity index (χ3n) is 3.15. The molecule has 1 atom stereocenters. The Kier molecular flexibility index (Phi) is 6.41. The fourth-order valence-electron chi connectivity index (χ4n) is 2.15. The standard InChI is InChI=1S/C12H21N3S.ClH/c1-3-4-10-9-16-12(14-10)8-15(2)11-5-6-13-7-11;/h9,11,13H,3-8H2,1-2H3;1H. The molecule has 2 rings (SSSR count). The second kappa shape index (κ2) is 7.31. The summed E-state index contributed by atoms with van der Waals surface area (Å²) in [5.41, 5.74) is 1.26. The zero-order valence-electron chi connectivity index (χ0n) is 10.6. The van der Waals surface area contributed by atoms with Gasteiger partial charge in [0.1, 0.15) is 5.01 Å². The molecular formula is C12H22ClN3S. The highest BCUT2D eigenvalue weighted by atomic mass is 35.5. The van der Waals surface area contributed by atoms with Crippen molar-refractivity contribution in [2.24, 2.45) is 0 Å². The van der Waals surface area contributed by atoms with Crippen molar-refractivity contribution < 1.29 is 0 Å². The maximum atomic E-state index is 4.67. The van der Waals surface area contributed by atoms with Crippen LogP contribution in [0.2, 0.25) is 0 Å². The van der Waals surface area contributed by atoms with Crippen LogP contribution in [-0.2, 0) is 13.0 Å². The van der Waals surface area contributed by atoms with Crippen molar-refractivity contribution in [2.45, 2.75) is 38.8 Å². The van der Waals surface area contributed by atoms with Crippen LogP contribution in [0.1, 0.15) is 30.5 Å². The minimum atomic E-state index is 0. The lowest BCUT2D eigenvalue weighted by Crippen LogP contribution is -2.32. The van der Waals surface area contributed by atoms with E-state index in [1.54, 1.807) is 11.3 Å². The molecule has 0 spiro atoms. The first-order valence-electron chi connectivity index (χ1n) is 6.14. The Balaban J connectivity index is 0.00000144. The third-order valence-corrected chi connectivity index (χ3v) is 4.03. The number of halogens is 1. The fourth-order valence-corrected chi connectivity index (χ4v) is 3.04. The normalized spacial score (nSPS) is 19.6. The van der Waals surface area contributed by atoms with Gasteiger partial charge in [-0.05, 0) is 26.4 Å². The van der Waals surface area contributed by atoms with E-state index in [2.05, 4.69) is 34.6 Å². The molecule has 1 aliphatic heterocycles. The summed E-state index contributed by atoms with van der Waals surface area (Å²) in [6.45, 7) is 5.49. The van der Waals surface area contributed by atoms with E-state index in [4.69, 9.17) is 0 Å². The third kappa shape index (κ3) is 4.21. The minimum absolute atomic E-state index is 0. The molecule has 0 aliphatic carbocycles. The summed E-state index contributed by atoms with van der Waals surface area (Å²) in [6.07, 6.45) is 3.57. The predicted molar refractivity (Wildman–Crippen MR) is 76.1 cm³/mol. The van der Waals surface area contributed by atoms with Gasteiger partial charge in [0.15, 0.2) is 0 Å². The molecule has 0 bridgehead atoms. The molecule has 0 radical (unpaired) electrons. The van der Waals surface area contributed by atoms with E-state index < -0.39 is 0 Å². The van der Waals surface area contributed by atoms with Crippen molar-refractivity contribution in [3.63, 3.8) is 0 Å². The molecule has 0 saturated carbocycles. The summed E-state index contributed by atoms with van der Waals surface area (Å²) in [4.78, 5) is 7.09.